The summed E-state index contributed by atoms with van der Waals surface area (Å²) >= 11 is 3.30. The third kappa shape index (κ3) is 2.40. The van der Waals surface area contributed by atoms with Crippen LogP contribution in [0.3, 0.4) is 0 Å². The summed E-state index contributed by atoms with van der Waals surface area (Å²) in [5, 5.41) is 18.2. The molecule has 136 valence electrons. The van der Waals surface area contributed by atoms with Gasteiger partial charge >= 0.3 is 0 Å². The minimum Gasteiger partial charge on any atom is -0.368 e. The summed E-state index contributed by atoms with van der Waals surface area (Å²) in [6.45, 7) is 1.88. The molecule has 0 saturated heterocycles. The predicted molar refractivity (Wildman–Crippen MR) is 103 cm³/mol. The van der Waals surface area contributed by atoms with Crippen molar-refractivity contribution in [2.24, 2.45) is 0 Å². The highest BCUT2D eigenvalue weighted by atomic mass is 79.9. The number of aliphatic hydroxyl groups is 1. The fourth-order valence-electron chi connectivity index (χ4n) is 3.81. The van der Waals surface area contributed by atoms with Gasteiger partial charge in [-0.05, 0) is 37.3 Å². The van der Waals surface area contributed by atoms with Crippen LogP contribution in [0.1, 0.15) is 34.8 Å². The van der Waals surface area contributed by atoms with Crippen molar-refractivity contribution in [1.82, 2.24) is 20.2 Å². The van der Waals surface area contributed by atoms with E-state index < -0.39 is 12.3 Å². The average Bonchev–Trinajstić information content (AvgIpc) is 3.32. The van der Waals surface area contributed by atoms with Crippen molar-refractivity contribution in [3.8, 4) is 0 Å². The first kappa shape index (κ1) is 16.5. The van der Waals surface area contributed by atoms with E-state index in [1.807, 2.05) is 25.1 Å². The number of nitrogens with one attached hydrogen (secondary N) is 2. The van der Waals surface area contributed by atoms with Crippen molar-refractivity contribution in [2.75, 3.05) is 4.90 Å². The Morgan fingerprint density at radius 1 is 1.22 bits per heavy atom. The third-order valence-corrected chi connectivity index (χ3v) is 5.54. The van der Waals surface area contributed by atoms with Crippen LogP contribution in [-0.2, 0) is 0 Å². The molecule has 3 N–H and O–H groups in total. The number of nitrogens with zero attached hydrogens (tertiary/aromatic N) is 3. The van der Waals surface area contributed by atoms with Crippen LogP contribution in [-0.4, -0.2) is 25.3 Å². The van der Waals surface area contributed by atoms with E-state index in [2.05, 4.69) is 36.1 Å². The van der Waals surface area contributed by atoms with E-state index >= 15 is 0 Å². The van der Waals surface area contributed by atoms with Gasteiger partial charge in [-0.2, -0.15) is 5.10 Å². The van der Waals surface area contributed by atoms with Gasteiger partial charge in [0.05, 0.1) is 23.4 Å². The first-order valence-corrected chi connectivity index (χ1v) is 9.23. The smallest absolute Gasteiger partial charge is 0.173 e. The molecular weight excluding hydrogens is 413 g/mol. The highest BCUT2D eigenvalue weighted by molar-refractivity contribution is 9.10. The Balaban J connectivity index is 1.73. The van der Waals surface area contributed by atoms with Crippen LogP contribution in [0, 0.1) is 12.7 Å². The molecule has 1 aliphatic rings. The first-order valence-electron chi connectivity index (χ1n) is 8.44. The van der Waals surface area contributed by atoms with E-state index in [1.165, 1.54) is 6.07 Å². The summed E-state index contributed by atoms with van der Waals surface area (Å²) in [7, 11) is 0. The Bertz CT molecular complexity index is 1170. The Kier molecular flexibility index (Phi) is 3.60. The zero-order valence-electron chi connectivity index (χ0n) is 14.2. The van der Waals surface area contributed by atoms with Crippen molar-refractivity contribution in [3.05, 3.63) is 75.5 Å². The van der Waals surface area contributed by atoms with Crippen LogP contribution < -0.4 is 4.90 Å². The highest BCUT2D eigenvalue weighted by Gasteiger charge is 2.43. The lowest BCUT2D eigenvalue weighted by molar-refractivity contribution is 0.173. The van der Waals surface area contributed by atoms with E-state index in [-0.39, 0.29) is 5.82 Å². The fourth-order valence-corrected chi connectivity index (χ4v) is 4.14. The second kappa shape index (κ2) is 5.90. The standard InChI is InChI=1S/C19H15BrFN5O/c1-9-16-17(25-24-9)19(27)26(11-3-5-14-15(7-11)23-8-22-14)18(16)12-4-2-10(20)6-13(12)21/h2-8,18-19,27H,1H3,(H,22,23)(H,24,25). The van der Waals surface area contributed by atoms with Crippen LogP contribution >= 0.6 is 15.9 Å². The number of imidazole rings is 1. The van der Waals surface area contributed by atoms with Gasteiger partial charge in [-0.25, -0.2) is 9.37 Å². The van der Waals surface area contributed by atoms with E-state index in [0.717, 1.165) is 28.0 Å². The molecule has 2 atom stereocenters. The number of fused-ring (bicyclic) bond motifs is 2. The van der Waals surface area contributed by atoms with Crippen molar-refractivity contribution in [3.63, 3.8) is 0 Å². The molecule has 0 aliphatic carbocycles. The van der Waals surface area contributed by atoms with E-state index in [4.69, 9.17) is 0 Å². The van der Waals surface area contributed by atoms with E-state index in [0.29, 0.717) is 15.7 Å². The van der Waals surface area contributed by atoms with Crippen LogP contribution in [0.2, 0.25) is 0 Å². The average molecular weight is 428 g/mol. The molecule has 2 aromatic heterocycles. The summed E-state index contributed by atoms with van der Waals surface area (Å²) in [6, 6.07) is 10.1. The van der Waals surface area contributed by atoms with Gasteiger partial charge in [0.25, 0.3) is 0 Å². The number of aliphatic hydroxyl groups excluding tert-OH is 1. The molecule has 0 amide bonds. The van der Waals surface area contributed by atoms with Crippen molar-refractivity contribution < 1.29 is 9.50 Å². The SMILES string of the molecule is Cc1[nH]nc2c1C(c1ccc(Br)cc1F)N(c1ccc3[nH]cnc3c1)C2O. The Morgan fingerprint density at radius 3 is 2.89 bits per heavy atom. The molecule has 8 heteroatoms. The molecule has 3 heterocycles. The Morgan fingerprint density at radius 2 is 2.07 bits per heavy atom. The number of H-pyrrole nitrogens is 2. The molecule has 4 aromatic rings. The van der Waals surface area contributed by atoms with E-state index in [9.17, 15) is 9.50 Å². The second-order valence-corrected chi connectivity index (χ2v) is 7.52. The minimum absolute atomic E-state index is 0.346. The minimum atomic E-state index is -0.991. The zero-order valence-corrected chi connectivity index (χ0v) is 15.8. The molecule has 0 spiro atoms. The van der Waals surface area contributed by atoms with Crippen molar-refractivity contribution >= 4 is 32.7 Å². The molecule has 5 rings (SSSR count). The van der Waals surface area contributed by atoms with Gasteiger partial charge in [-0.3, -0.25) is 5.10 Å². The number of anilines is 1. The maximum atomic E-state index is 14.9. The summed E-state index contributed by atoms with van der Waals surface area (Å²) in [5.41, 5.74) is 5.01. The molecule has 1 aliphatic heterocycles. The lowest BCUT2D eigenvalue weighted by Crippen LogP contribution is -2.28. The number of aromatic amines is 2. The van der Waals surface area contributed by atoms with Gasteiger partial charge in [-0.15, -0.1) is 0 Å². The third-order valence-electron chi connectivity index (χ3n) is 5.04. The van der Waals surface area contributed by atoms with Gasteiger partial charge in [0.1, 0.15) is 11.5 Å². The molecular formula is C19H15BrFN5O. The lowest BCUT2D eigenvalue weighted by atomic mass is 9.98. The number of aromatic nitrogens is 4. The summed E-state index contributed by atoms with van der Waals surface area (Å²) in [5.74, 6) is -0.346. The molecule has 2 aromatic carbocycles. The van der Waals surface area contributed by atoms with Crippen molar-refractivity contribution in [2.45, 2.75) is 19.2 Å². The Hall–Kier alpha value is -2.71. The first-order chi connectivity index (χ1) is 13.0. The number of rotatable bonds is 2. The quantitative estimate of drug-likeness (QED) is 0.449. The molecule has 0 radical (unpaired) electrons. The van der Waals surface area contributed by atoms with Crippen LogP contribution in [0.25, 0.3) is 11.0 Å². The second-order valence-electron chi connectivity index (χ2n) is 6.60. The molecule has 2 unspecified atom stereocenters. The van der Waals surface area contributed by atoms with Crippen LogP contribution in [0.4, 0.5) is 10.1 Å². The maximum Gasteiger partial charge on any atom is 0.173 e. The monoisotopic (exact) mass is 427 g/mol. The van der Waals surface area contributed by atoms with Gasteiger partial charge < -0.3 is 15.0 Å². The zero-order chi connectivity index (χ0) is 18.7. The number of aryl methyl sites for hydroxylation is 1. The molecule has 27 heavy (non-hydrogen) atoms. The van der Waals surface area contributed by atoms with Crippen molar-refractivity contribution in [1.29, 1.82) is 0 Å². The maximum absolute atomic E-state index is 14.9. The highest BCUT2D eigenvalue weighted by Crippen LogP contribution is 2.48. The lowest BCUT2D eigenvalue weighted by Gasteiger charge is -2.31. The summed E-state index contributed by atoms with van der Waals surface area (Å²) in [6.07, 6.45) is 0.630. The molecule has 6 nitrogen and oxygen atoms in total. The number of halogens is 2. The van der Waals surface area contributed by atoms with Gasteiger partial charge in [0.15, 0.2) is 6.23 Å². The topological polar surface area (TPSA) is 80.8 Å². The summed E-state index contributed by atoms with van der Waals surface area (Å²) in [4.78, 5) is 9.12. The molecule has 0 fully saturated rings. The predicted octanol–water partition coefficient (Wildman–Crippen LogP) is 4.10. The largest absolute Gasteiger partial charge is 0.368 e. The van der Waals surface area contributed by atoms with Gasteiger partial charge in [0, 0.05) is 27.0 Å². The van der Waals surface area contributed by atoms with E-state index in [1.54, 1.807) is 23.4 Å². The Labute approximate surface area is 162 Å². The van der Waals surface area contributed by atoms with Crippen LogP contribution in [0.5, 0.6) is 0 Å². The number of hydrogen-bond donors (Lipinski definition) is 3. The number of benzene rings is 2. The summed E-state index contributed by atoms with van der Waals surface area (Å²) < 4.78 is 15.5. The number of hydrogen-bond acceptors (Lipinski definition) is 4. The van der Waals surface area contributed by atoms with Crippen LogP contribution in [0.15, 0.2) is 47.2 Å². The molecule has 0 bridgehead atoms. The molecule has 0 saturated carbocycles. The fraction of sp³-hybridized carbons (Fsp3) is 0.158. The normalized spacial score (nSPS) is 19.0. The van der Waals surface area contributed by atoms with Gasteiger partial charge in [-0.1, -0.05) is 22.0 Å². The van der Waals surface area contributed by atoms with Gasteiger partial charge in [0.2, 0.25) is 0 Å².